The van der Waals surface area contributed by atoms with Crippen LogP contribution in [0.1, 0.15) is 59.3 Å². The lowest BCUT2D eigenvalue weighted by Crippen LogP contribution is -2.56. The fourth-order valence-corrected chi connectivity index (χ4v) is 4.04. The number of nitrogens with one attached hydrogen (secondary N) is 1. The molecule has 2 fully saturated rings. The zero-order valence-electron chi connectivity index (χ0n) is 13.1. The van der Waals surface area contributed by atoms with Crippen LogP contribution in [-0.2, 0) is 4.79 Å². The molecule has 3 atom stereocenters. The molecule has 2 aliphatic carbocycles. The molecule has 2 aliphatic rings. The van der Waals surface area contributed by atoms with Gasteiger partial charge in [-0.1, -0.05) is 33.6 Å². The number of hydrogen-bond donors (Lipinski definition) is 3. The van der Waals surface area contributed by atoms with Gasteiger partial charge in [0.25, 0.3) is 0 Å². The van der Waals surface area contributed by atoms with Crippen LogP contribution in [0.15, 0.2) is 0 Å². The summed E-state index contributed by atoms with van der Waals surface area (Å²) in [6.07, 6.45) is 5.75. The molecule has 1 amide bonds. The number of carbonyl (C=O) groups is 1. The topological polar surface area (TPSA) is 75.4 Å². The Morgan fingerprint density at radius 1 is 1.30 bits per heavy atom. The van der Waals surface area contributed by atoms with Crippen molar-refractivity contribution in [1.29, 1.82) is 0 Å². The summed E-state index contributed by atoms with van der Waals surface area (Å²) < 4.78 is 0. The Balaban J connectivity index is 2.08. The fourth-order valence-electron chi connectivity index (χ4n) is 4.04. The van der Waals surface area contributed by atoms with Crippen molar-refractivity contribution in [2.45, 2.75) is 70.9 Å². The van der Waals surface area contributed by atoms with Gasteiger partial charge in [-0.25, -0.2) is 0 Å². The quantitative estimate of drug-likeness (QED) is 0.739. The van der Waals surface area contributed by atoms with Crippen molar-refractivity contribution in [1.82, 2.24) is 5.32 Å². The van der Waals surface area contributed by atoms with Gasteiger partial charge in [0, 0.05) is 12.0 Å². The molecule has 0 heterocycles. The van der Waals surface area contributed by atoms with Gasteiger partial charge in [-0.15, -0.1) is 0 Å². The second kappa shape index (κ2) is 5.64. The molecule has 4 N–H and O–H groups in total. The van der Waals surface area contributed by atoms with E-state index in [4.69, 9.17) is 5.73 Å². The summed E-state index contributed by atoms with van der Waals surface area (Å²) in [4.78, 5) is 12.7. The van der Waals surface area contributed by atoms with Gasteiger partial charge < -0.3 is 16.2 Å². The van der Waals surface area contributed by atoms with Crippen molar-refractivity contribution < 1.29 is 9.90 Å². The third-order valence-corrected chi connectivity index (χ3v) is 6.07. The SMILES string of the molecule is CC1C(N)CCC(C(=O)NC2(CO)CCCC2)C1(C)C. The van der Waals surface area contributed by atoms with Gasteiger partial charge in [0.1, 0.15) is 0 Å². The maximum absolute atomic E-state index is 12.7. The molecular formula is C16H30N2O2. The number of amides is 1. The van der Waals surface area contributed by atoms with Crippen molar-refractivity contribution in [2.75, 3.05) is 6.61 Å². The predicted octanol–water partition coefficient (Wildman–Crippen LogP) is 1.81. The van der Waals surface area contributed by atoms with Crippen molar-refractivity contribution in [2.24, 2.45) is 23.0 Å². The second-order valence-corrected chi connectivity index (χ2v) is 7.54. The Morgan fingerprint density at radius 2 is 1.90 bits per heavy atom. The first-order valence-electron chi connectivity index (χ1n) is 8.01. The molecule has 2 rings (SSSR count). The average Bonchev–Trinajstić information content (AvgIpc) is 2.85. The van der Waals surface area contributed by atoms with Crippen LogP contribution in [0.4, 0.5) is 0 Å². The van der Waals surface area contributed by atoms with E-state index in [2.05, 4.69) is 26.1 Å². The normalized spacial score (nSPS) is 35.8. The lowest BCUT2D eigenvalue weighted by atomic mass is 9.60. The molecule has 0 aliphatic heterocycles. The van der Waals surface area contributed by atoms with E-state index in [1.165, 1.54) is 0 Å². The first-order valence-corrected chi connectivity index (χ1v) is 8.01. The van der Waals surface area contributed by atoms with E-state index < -0.39 is 0 Å². The maximum Gasteiger partial charge on any atom is 0.224 e. The highest BCUT2D eigenvalue weighted by atomic mass is 16.3. The number of hydrogen-bond acceptors (Lipinski definition) is 3. The summed E-state index contributed by atoms with van der Waals surface area (Å²) >= 11 is 0. The van der Waals surface area contributed by atoms with Crippen LogP contribution in [-0.4, -0.2) is 29.2 Å². The van der Waals surface area contributed by atoms with Crippen LogP contribution in [0, 0.1) is 17.3 Å². The van der Waals surface area contributed by atoms with Crippen LogP contribution in [0.5, 0.6) is 0 Å². The van der Waals surface area contributed by atoms with E-state index in [1.807, 2.05) is 0 Å². The molecule has 0 aromatic rings. The molecular weight excluding hydrogens is 252 g/mol. The molecule has 4 nitrogen and oxygen atoms in total. The van der Waals surface area contributed by atoms with Gasteiger partial charge in [0.2, 0.25) is 5.91 Å². The molecule has 0 spiro atoms. The van der Waals surface area contributed by atoms with Crippen LogP contribution in [0.2, 0.25) is 0 Å². The molecule has 0 radical (unpaired) electrons. The van der Waals surface area contributed by atoms with Gasteiger partial charge in [0.15, 0.2) is 0 Å². The predicted molar refractivity (Wildman–Crippen MR) is 80.1 cm³/mol. The van der Waals surface area contributed by atoms with Crippen LogP contribution >= 0.6 is 0 Å². The highest BCUT2D eigenvalue weighted by Gasteiger charge is 2.46. The lowest BCUT2D eigenvalue weighted by Gasteiger charge is -2.47. The van der Waals surface area contributed by atoms with E-state index >= 15 is 0 Å². The summed E-state index contributed by atoms with van der Waals surface area (Å²) in [5.41, 5.74) is 5.71. The van der Waals surface area contributed by atoms with E-state index in [0.717, 1.165) is 38.5 Å². The molecule has 0 aromatic heterocycles. The molecule has 0 saturated heterocycles. The standard InChI is InChI=1S/C16H30N2O2/c1-11-13(17)7-6-12(15(11,2)3)14(20)18-16(10-19)8-4-5-9-16/h11-13,19H,4-10,17H2,1-3H3,(H,18,20). The van der Waals surface area contributed by atoms with Gasteiger partial charge in [-0.2, -0.15) is 0 Å². The van der Waals surface area contributed by atoms with E-state index in [1.54, 1.807) is 0 Å². The molecule has 4 heteroatoms. The maximum atomic E-state index is 12.7. The van der Waals surface area contributed by atoms with Gasteiger partial charge >= 0.3 is 0 Å². The Morgan fingerprint density at radius 3 is 2.45 bits per heavy atom. The molecule has 0 aromatic carbocycles. The summed E-state index contributed by atoms with van der Waals surface area (Å²) in [6, 6.07) is 0.187. The van der Waals surface area contributed by atoms with Gasteiger partial charge in [-0.05, 0) is 37.0 Å². The van der Waals surface area contributed by atoms with Gasteiger partial charge in [0.05, 0.1) is 12.1 Å². The molecule has 0 bridgehead atoms. The third-order valence-electron chi connectivity index (χ3n) is 6.07. The summed E-state index contributed by atoms with van der Waals surface area (Å²) in [6.45, 7) is 6.52. The Bertz CT molecular complexity index is 361. The number of aliphatic hydroxyl groups excluding tert-OH is 1. The first kappa shape index (κ1) is 15.8. The lowest BCUT2D eigenvalue weighted by molar-refractivity contribution is -0.135. The Labute approximate surface area is 122 Å². The number of rotatable bonds is 3. The van der Waals surface area contributed by atoms with Gasteiger partial charge in [-0.3, -0.25) is 4.79 Å². The molecule has 3 unspecified atom stereocenters. The monoisotopic (exact) mass is 282 g/mol. The van der Waals surface area contributed by atoms with E-state index in [-0.39, 0.29) is 35.4 Å². The minimum atomic E-state index is -0.365. The largest absolute Gasteiger partial charge is 0.394 e. The fraction of sp³-hybridized carbons (Fsp3) is 0.938. The minimum absolute atomic E-state index is 0.00123. The molecule has 2 saturated carbocycles. The summed E-state index contributed by atoms with van der Waals surface area (Å²) in [5, 5.41) is 12.8. The first-order chi connectivity index (χ1) is 9.32. The molecule has 20 heavy (non-hydrogen) atoms. The van der Waals surface area contributed by atoms with Crippen molar-refractivity contribution in [3.05, 3.63) is 0 Å². The van der Waals surface area contributed by atoms with Crippen molar-refractivity contribution >= 4 is 5.91 Å². The van der Waals surface area contributed by atoms with E-state index in [9.17, 15) is 9.90 Å². The average molecular weight is 282 g/mol. The smallest absolute Gasteiger partial charge is 0.224 e. The van der Waals surface area contributed by atoms with Crippen LogP contribution in [0.3, 0.4) is 0 Å². The summed E-state index contributed by atoms with van der Waals surface area (Å²) in [7, 11) is 0. The van der Waals surface area contributed by atoms with Crippen LogP contribution < -0.4 is 11.1 Å². The highest BCUT2D eigenvalue weighted by Crippen LogP contribution is 2.45. The minimum Gasteiger partial charge on any atom is -0.394 e. The Hall–Kier alpha value is -0.610. The second-order valence-electron chi connectivity index (χ2n) is 7.54. The Kier molecular flexibility index (Phi) is 4.45. The molecule has 116 valence electrons. The zero-order valence-corrected chi connectivity index (χ0v) is 13.1. The number of nitrogens with two attached hydrogens (primary N) is 1. The highest BCUT2D eigenvalue weighted by molar-refractivity contribution is 5.80. The zero-order chi connectivity index (χ0) is 15.0. The van der Waals surface area contributed by atoms with Crippen LogP contribution in [0.25, 0.3) is 0 Å². The van der Waals surface area contributed by atoms with Crippen molar-refractivity contribution in [3.63, 3.8) is 0 Å². The third kappa shape index (κ3) is 2.73. The number of aliphatic hydroxyl groups is 1. The number of carbonyl (C=O) groups excluding carboxylic acids is 1. The summed E-state index contributed by atoms with van der Waals surface area (Å²) in [5.74, 6) is 0.451. The van der Waals surface area contributed by atoms with E-state index in [0.29, 0.717) is 5.92 Å². The van der Waals surface area contributed by atoms with Crippen molar-refractivity contribution in [3.8, 4) is 0 Å².